The molecule has 158 valence electrons. The number of benzene rings is 2. The van der Waals surface area contributed by atoms with E-state index in [0.29, 0.717) is 17.7 Å². The molecule has 1 aliphatic rings. The summed E-state index contributed by atoms with van der Waals surface area (Å²) in [7, 11) is 0. The lowest BCUT2D eigenvalue weighted by atomic mass is 9.89. The molecule has 1 aliphatic carbocycles. The second-order valence-electron chi connectivity index (χ2n) is 6.89. The van der Waals surface area contributed by atoms with Gasteiger partial charge >= 0.3 is 6.18 Å². The largest absolute Gasteiger partial charge is 0.417 e. The Labute approximate surface area is 180 Å². The van der Waals surface area contributed by atoms with Crippen molar-refractivity contribution < 1.29 is 22.8 Å². The first-order valence-electron chi connectivity index (χ1n) is 9.45. The first kappa shape index (κ1) is 21.0. The number of carbonyl (C=O) groups is 2. The van der Waals surface area contributed by atoms with Crippen LogP contribution in [0, 0.1) is 0 Å². The Balaban J connectivity index is 1.80. The Morgan fingerprint density at radius 1 is 1.06 bits per heavy atom. The van der Waals surface area contributed by atoms with Crippen molar-refractivity contribution >= 4 is 23.3 Å². The van der Waals surface area contributed by atoms with Gasteiger partial charge in [0.15, 0.2) is 11.6 Å². The lowest BCUT2D eigenvalue weighted by molar-refractivity contribution is -0.138. The highest BCUT2D eigenvalue weighted by molar-refractivity contribution is 8.03. The van der Waals surface area contributed by atoms with Gasteiger partial charge in [-0.15, -0.1) is 0 Å². The summed E-state index contributed by atoms with van der Waals surface area (Å²) in [5.41, 5.74) is -1.70. The van der Waals surface area contributed by atoms with Crippen molar-refractivity contribution in [1.82, 2.24) is 14.8 Å². The van der Waals surface area contributed by atoms with Crippen LogP contribution < -0.4 is 0 Å². The third kappa shape index (κ3) is 4.46. The van der Waals surface area contributed by atoms with Gasteiger partial charge in [0.05, 0.1) is 16.8 Å². The van der Waals surface area contributed by atoms with Gasteiger partial charge in [0, 0.05) is 21.8 Å². The normalized spacial score (nSPS) is 14.7. The molecule has 4 rings (SSSR count). The molecule has 0 fully saturated rings. The fourth-order valence-electron chi connectivity index (χ4n) is 3.38. The number of alkyl halides is 3. The average molecular weight is 443 g/mol. The minimum absolute atomic E-state index is 0.115. The molecule has 2 aromatic carbocycles. The monoisotopic (exact) mass is 443 g/mol. The van der Waals surface area contributed by atoms with E-state index >= 15 is 0 Å². The van der Waals surface area contributed by atoms with Crippen molar-refractivity contribution in [2.24, 2.45) is 0 Å². The molecule has 0 unspecified atom stereocenters. The summed E-state index contributed by atoms with van der Waals surface area (Å²) in [5.74, 6) is -1.33. The highest BCUT2D eigenvalue weighted by Crippen LogP contribution is 2.40. The predicted octanol–water partition coefficient (Wildman–Crippen LogP) is 5.27. The molecule has 0 bridgehead atoms. The summed E-state index contributed by atoms with van der Waals surface area (Å²) in [6, 6.07) is 12.4. The Morgan fingerprint density at radius 3 is 2.52 bits per heavy atom. The quantitative estimate of drug-likeness (QED) is 0.397. The number of ketones is 2. The summed E-state index contributed by atoms with van der Waals surface area (Å²) in [6.07, 6.45) is -1.17. The number of nitrogens with zero attached hydrogens (tertiary/aromatic N) is 3. The molecule has 9 heteroatoms. The van der Waals surface area contributed by atoms with E-state index in [2.05, 4.69) is 10.1 Å². The first-order chi connectivity index (χ1) is 14.8. The molecule has 31 heavy (non-hydrogen) atoms. The van der Waals surface area contributed by atoms with Crippen molar-refractivity contribution in [2.75, 3.05) is 0 Å². The lowest BCUT2D eigenvalue weighted by Gasteiger charge is -2.20. The summed E-state index contributed by atoms with van der Waals surface area (Å²) in [5, 5.41) is 3.83. The summed E-state index contributed by atoms with van der Waals surface area (Å²) in [6.45, 7) is 0. The van der Waals surface area contributed by atoms with Crippen molar-refractivity contribution in [3.8, 4) is 5.69 Å². The van der Waals surface area contributed by atoms with Gasteiger partial charge in [-0.25, -0.2) is 9.67 Å². The van der Waals surface area contributed by atoms with Crippen LogP contribution in [-0.4, -0.2) is 26.3 Å². The minimum Gasteiger partial charge on any atom is -0.294 e. The fraction of sp³-hybridized carbons (Fsp3) is 0.182. The summed E-state index contributed by atoms with van der Waals surface area (Å²) < 4.78 is 42.7. The van der Waals surface area contributed by atoms with Crippen molar-refractivity contribution in [2.45, 2.75) is 30.3 Å². The van der Waals surface area contributed by atoms with E-state index in [9.17, 15) is 22.8 Å². The molecule has 0 atom stereocenters. The molecule has 5 nitrogen and oxygen atoms in total. The van der Waals surface area contributed by atoms with Crippen LogP contribution in [0.25, 0.3) is 5.69 Å². The molecular weight excluding hydrogens is 427 g/mol. The number of hydrogen-bond acceptors (Lipinski definition) is 5. The van der Waals surface area contributed by atoms with Crippen LogP contribution in [-0.2, 0) is 11.0 Å². The third-order valence-electron chi connectivity index (χ3n) is 4.81. The van der Waals surface area contributed by atoms with Crippen LogP contribution in [0.5, 0.6) is 0 Å². The molecule has 0 N–H and O–H groups in total. The highest BCUT2D eigenvalue weighted by atomic mass is 32.2. The molecular formula is C22H16F3N3O2S. The number of allylic oxidation sites excluding steroid dienone is 2. The third-order valence-corrected chi connectivity index (χ3v) is 5.98. The predicted molar refractivity (Wildman–Crippen MR) is 109 cm³/mol. The number of rotatable bonds is 5. The van der Waals surface area contributed by atoms with Crippen molar-refractivity contribution in [3.63, 3.8) is 0 Å². The Hall–Kier alpha value is -3.20. The van der Waals surface area contributed by atoms with E-state index in [1.54, 1.807) is 0 Å². The molecule has 0 spiro atoms. The number of hydrogen-bond donors (Lipinski definition) is 0. The van der Waals surface area contributed by atoms with E-state index in [-0.39, 0.29) is 17.7 Å². The number of halogens is 3. The molecule has 1 heterocycles. The van der Waals surface area contributed by atoms with Crippen LogP contribution in [0.1, 0.15) is 35.2 Å². The highest BCUT2D eigenvalue weighted by Gasteiger charge is 2.38. The summed E-state index contributed by atoms with van der Waals surface area (Å²) >= 11 is 1.25. The van der Waals surface area contributed by atoms with Crippen LogP contribution >= 0.6 is 11.8 Å². The maximum atomic E-state index is 13.8. The molecule has 0 amide bonds. The zero-order chi connectivity index (χ0) is 22.0. The van der Waals surface area contributed by atoms with Gasteiger partial charge < -0.3 is 0 Å². The van der Waals surface area contributed by atoms with Gasteiger partial charge in [-0.2, -0.15) is 18.3 Å². The molecule has 0 aliphatic heterocycles. The second-order valence-corrected chi connectivity index (χ2v) is 8.06. The zero-order valence-electron chi connectivity index (χ0n) is 16.1. The zero-order valence-corrected chi connectivity index (χ0v) is 16.9. The van der Waals surface area contributed by atoms with E-state index in [4.69, 9.17) is 0 Å². The molecule has 1 aromatic heterocycles. The van der Waals surface area contributed by atoms with E-state index < -0.39 is 28.9 Å². The Bertz CT molecular complexity index is 1160. The van der Waals surface area contributed by atoms with Gasteiger partial charge in [0.2, 0.25) is 0 Å². The van der Waals surface area contributed by atoms with Crippen molar-refractivity contribution in [1.29, 1.82) is 0 Å². The van der Waals surface area contributed by atoms with E-state index in [0.717, 1.165) is 17.0 Å². The Morgan fingerprint density at radius 2 is 1.84 bits per heavy atom. The van der Waals surface area contributed by atoms with Crippen LogP contribution in [0.3, 0.4) is 0 Å². The van der Waals surface area contributed by atoms with Gasteiger partial charge in [-0.05, 0) is 43.2 Å². The van der Waals surface area contributed by atoms with Crippen molar-refractivity contribution in [3.05, 3.63) is 82.8 Å². The standard InChI is InChI=1S/C22H16F3N3O2S/c23-22(24,25)17-11-14(28-13-26-12-27-28)9-10-16(17)21(30)20-18(29)7-4-8-19(20)31-15-5-2-1-3-6-15/h1-3,5-6,9-13H,4,7-8H2. The summed E-state index contributed by atoms with van der Waals surface area (Å²) in [4.78, 5) is 30.9. The topological polar surface area (TPSA) is 64.8 Å². The van der Waals surface area contributed by atoms with Crippen LogP contribution in [0.4, 0.5) is 13.2 Å². The van der Waals surface area contributed by atoms with Gasteiger partial charge in [-0.3, -0.25) is 9.59 Å². The maximum absolute atomic E-state index is 13.8. The minimum atomic E-state index is -4.79. The van der Waals surface area contributed by atoms with Crippen LogP contribution in [0.15, 0.2) is 76.6 Å². The average Bonchev–Trinajstić information content (AvgIpc) is 3.28. The fourth-order valence-corrected chi connectivity index (χ4v) is 4.52. The van der Waals surface area contributed by atoms with E-state index in [1.165, 1.54) is 35.2 Å². The molecule has 3 aromatic rings. The SMILES string of the molecule is O=C1CCCC(Sc2ccccc2)=C1C(=O)c1ccc(-n2cncn2)cc1C(F)(F)F. The number of carbonyl (C=O) groups excluding carboxylic acids is 2. The smallest absolute Gasteiger partial charge is 0.294 e. The van der Waals surface area contributed by atoms with Crippen LogP contribution in [0.2, 0.25) is 0 Å². The molecule has 0 saturated heterocycles. The number of aromatic nitrogens is 3. The molecule has 0 radical (unpaired) electrons. The lowest BCUT2D eigenvalue weighted by Crippen LogP contribution is -2.22. The van der Waals surface area contributed by atoms with Gasteiger partial charge in [0.25, 0.3) is 0 Å². The molecule has 0 saturated carbocycles. The second kappa shape index (κ2) is 8.50. The Kier molecular flexibility index (Phi) is 5.77. The van der Waals surface area contributed by atoms with E-state index in [1.807, 2.05) is 30.3 Å². The first-order valence-corrected chi connectivity index (χ1v) is 10.3. The van der Waals surface area contributed by atoms with Gasteiger partial charge in [-0.1, -0.05) is 30.0 Å². The van der Waals surface area contributed by atoms with Gasteiger partial charge in [0.1, 0.15) is 12.7 Å². The number of thioether (sulfide) groups is 1. The number of Topliss-reactive ketones (excluding diaryl/α,β-unsaturated/α-hetero) is 2. The maximum Gasteiger partial charge on any atom is 0.417 e.